The molecule has 0 bridgehead atoms. The van der Waals surface area contributed by atoms with Crippen molar-refractivity contribution in [3.8, 4) is 0 Å². The molecule has 4 aliphatic rings. The molecule has 6 atom stereocenters. The molecule has 3 saturated carbocycles. The second-order valence-corrected chi connectivity index (χ2v) is 8.78. The lowest BCUT2D eigenvalue weighted by Crippen LogP contribution is -2.50. The van der Waals surface area contributed by atoms with Crippen LogP contribution in [0, 0.1) is 28.6 Å². The summed E-state index contributed by atoms with van der Waals surface area (Å²) in [5, 5.41) is 0. The first kappa shape index (κ1) is 14.9. The molecular weight excluding hydrogens is 272 g/mol. The molecule has 0 aromatic rings. The van der Waals surface area contributed by atoms with Crippen molar-refractivity contribution in [2.75, 3.05) is 7.11 Å². The van der Waals surface area contributed by atoms with Crippen molar-refractivity contribution >= 4 is 5.78 Å². The molecule has 0 spiro atoms. The third-order valence-corrected chi connectivity index (χ3v) is 8.10. The summed E-state index contributed by atoms with van der Waals surface area (Å²) >= 11 is 0. The number of rotatable bonds is 1. The van der Waals surface area contributed by atoms with E-state index in [1.807, 2.05) is 7.11 Å². The van der Waals surface area contributed by atoms with Gasteiger partial charge in [-0.15, -0.1) is 0 Å². The van der Waals surface area contributed by atoms with Gasteiger partial charge >= 0.3 is 0 Å². The van der Waals surface area contributed by atoms with E-state index in [9.17, 15) is 4.79 Å². The van der Waals surface area contributed by atoms with Crippen LogP contribution in [-0.2, 0) is 9.53 Å². The Hall–Kier alpha value is -0.630. The molecule has 3 fully saturated rings. The van der Waals surface area contributed by atoms with Crippen molar-refractivity contribution in [2.24, 2.45) is 28.6 Å². The first-order valence-electron chi connectivity index (χ1n) is 9.24. The highest BCUT2D eigenvalue weighted by molar-refractivity contribution is 5.87. The Morgan fingerprint density at radius 1 is 1.09 bits per heavy atom. The van der Waals surface area contributed by atoms with Gasteiger partial charge in [-0.25, -0.2) is 0 Å². The molecule has 4 rings (SSSR count). The summed E-state index contributed by atoms with van der Waals surface area (Å²) in [6, 6.07) is 0. The molecule has 0 aromatic heterocycles. The van der Waals surface area contributed by atoms with Gasteiger partial charge in [-0.1, -0.05) is 25.5 Å². The van der Waals surface area contributed by atoms with Crippen LogP contribution in [0.1, 0.15) is 65.2 Å². The maximum absolute atomic E-state index is 12.4. The maximum atomic E-state index is 12.4. The Morgan fingerprint density at radius 3 is 2.59 bits per heavy atom. The molecular formula is C20H30O2. The summed E-state index contributed by atoms with van der Waals surface area (Å²) in [5.41, 5.74) is 2.05. The van der Waals surface area contributed by atoms with Crippen LogP contribution in [0.4, 0.5) is 0 Å². The Balaban J connectivity index is 1.66. The van der Waals surface area contributed by atoms with Crippen molar-refractivity contribution in [3.05, 3.63) is 11.6 Å². The van der Waals surface area contributed by atoms with Crippen molar-refractivity contribution < 1.29 is 9.53 Å². The number of carbonyl (C=O) groups is 1. The highest BCUT2D eigenvalue weighted by Crippen LogP contribution is 2.64. The summed E-state index contributed by atoms with van der Waals surface area (Å²) in [5.74, 6) is 2.75. The first-order chi connectivity index (χ1) is 10.5. The van der Waals surface area contributed by atoms with Gasteiger partial charge in [-0.05, 0) is 68.1 Å². The van der Waals surface area contributed by atoms with E-state index in [4.69, 9.17) is 4.74 Å². The van der Waals surface area contributed by atoms with Crippen LogP contribution in [0.3, 0.4) is 0 Å². The predicted molar refractivity (Wildman–Crippen MR) is 87.5 cm³/mol. The van der Waals surface area contributed by atoms with Gasteiger partial charge in [0.15, 0.2) is 0 Å². The van der Waals surface area contributed by atoms with Crippen molar-refractivity contribution in [1.29, 1.82) is 0 Å². The van der Waals surface area contributed by atoms with E-state index in [0.29, 0.717) is 23.2 Å². The monoisotopic (exact) mass is 302 g/mol. The summed E-state index contributed by atoms with van der Waals surface area (Å²) < 4.78 is 5.64. The minimum atomic E-state index is 0.00655. The first-order valence-corrected chi connectivity index (χ1v) is 9.24. The largest absolute Gasteiger partial charge is 0.381 e. The van der Waals surface area contributed by atoms with Crippen LogP contribution in [0.25, 0.3) is 0 Å². The third kappa shape index (κ3) is 1.85. The van der Waals surface area contributed by atoms with Crippen LogP contribution < -0.4 is 0 Å². The number of Topliss-reactive ketones (excluding diaryl/α,β-unsaturated/α-hetero) is 1. The van der Waals surface area contributed by atoms with E-state index in [2.05, 4.69) is 19.9 Å². The van der Waals surface area contributed by atoms with E-state index in [-0.39, 0.29) is 5.41 Å². The Labute approximate surface area is 134 Å². The van der Waals surface area contributed by atoms with Gasteiger partial charge in [0.2, 0.25) is 0 Å². The zero-order valence-electron chi connectivity index (χ0n) is 14.4. The summed E-state index contributed by atoms with van der Waals surface area (Å²) in [7, 11) is 1.86. The third-order valence-electron chi connectivity index (χ3n) is 8.10. The molecule has 0 amide bonds. The average Bonchev–Trinajstić information content (AvgIpc) is 2.82. The second kappa shape index (κ2) is 4.93. The SMILES string of the molecule is CO[C@H]1CC[C@@]2(C)C(=CC[C@@H]3[C@@H]2CC[C@]2(C)C(=O)CC[C@@H]32)C1. The van der Waals surface area contributed by atoms with Crippen LogP contribution in [0.2, 0.25) is 0 Å². The fourth-order valence-electron chi connectivity index (χ4n) is 6.60. The highest BCUT2D eigenvalue weighted by Gasteiger charge is 2.58. The van der Waals surface area contributed by atoms with Crippen molar-refractivity contribution in [3.63, 3.8) is 0 Å². The zero-order chi connectivity index (χ0) is 15.5. The number of carbonyl (C=O) groups excluding carboxylic acids is 1. The van der Waals surface area contributed by atoms with E-state index < -0.39 is 0 Å². The predicted octanol–water partition coefficient (Wildman–Crippen LogP) is 4.53. The number of ether oxygens (including phenoxy) is 1. The average molecular weight is 302 g/mol. The van der Waals surface area contributed by atoms with Crippen LogP contribution in [-0.4, -0.2) is 19.0 Å². The van der Waals surface area contributed by atoms with E-state index >= 15 is 0 Å². The molecule has 0 saturated heterocycles. The molecule has 2 nitrogen and oxygen atoms in total. The summed E-state index contributed by atoms with van der Waals surface area (Å²) in [6.45, 7) is 4.79. The fraction of sp³-hybridized carbons (Fsp3) is 0.850. The number of hydrogen-bond acceptors (Lipinski definition) is 2. The maximum Gasteiger partial charge on any atom is 0.139 e. The summed E-state index contributed by atoms with van der Waals surface area (Å²) in [4.78, 5) is 12.4. The minimum absolute atomic E-state index is 0.00655. The van der Waals surface area contributed by atoms with Gasteiger partial charge in [-0.3, -0.25) is 4.79 Å². The molecule has 0 unspecified atom stereocenters. The van der Waals surface area contributed by atoms with Gasteiger partial charge in [0.1, 0.15) is 5.78 Å². The van der Waals surface area contributed by atoms with Gasteiger partial charge in [-0.2, -0.15) is 0 Å². The topological polar surface area (TPSA) is 26.3 Å². The number of ketones is 1. The standard InChI is InChI=1S/C20H30O2/c1-19-10-8-14(22-3)12-13(19)4-5-15-16-6-7-18(21)20(16,2)11-9-17(15)19/h4,14-17H,5-12H2,1-3H3/t14-,15-,16-,17-,19-,20-/m0/s1. The highest BCUT2D eigenvalue weighted by atomic mass is 16.5. The van der Waals surface area contributed by atoms with Gasteiger partial charge in [0.25, 0.3) is 0 Å². The van der Waals surface area contributed by atoms with Crippen molar-refractivity contribution in [2.45, 2.75) is 71.3 Å². The van der Waals surface area contributed by atoms with Gasteiger partial charge < -0.3 is 4.74 Å². The van der Waals surface area contributed by atoms with Crippen molar-refractivity contribution in [1.82, 2.24) is 0 Å². The summed E-state index contributed by atoms with van der Waals surface area (Å²) in [6.07, 6.45) is 12.2. The molecule has 2 heteroatoms. The normalized spacial score (nSPS) is 50.9. The molecule has 0 N–H and O–H groups in total. The number of methoxy groups -OCH3 is 1. The number of allylic oxidation sites excluding steroid dienone is 1. The number of fused-ring (bicyclic) bond motifs is 5. The molecule has 0 aliphatic heterocycles. The van der Waals surface area contributed by atoms with E-state index in [1.54, 1.807) is 5.57 Å². The van der Waals surface area contributed by atoms with E-state index in [0.717, 1.165) is 37.5 Å². The Morgan fingerprint density at radius 2 is 1.82 bits per heavy atom. The van der Waals surface area contributed by atoms with Gasteiger partial charge in [0.05, 0.1) is 6.10 Å². The van der Waals surface area contributed by atoms with Crippen LogP contribution in [0.15, 0.2) is 11.6 Å². The smallest absolute Gasteiger partial charge is 0.139 e. The number of hydrogen-bond donors (Lipinski definition) is 0. The molecule has 0 heterocycles. The molecule has 122 valence electrons. The second-order valence-electron chi connectivity index (χ2n) is 8.78. The minimum Gasteiger partial charge on any atom is -0.381 e. The fourth-order valence-corrected chi connectivity index (χ4v) is 6.60. The van der Waals surface area contributed by atoms with Crippen LogP contribution in [0.5, 0.6) is 0 Å². The van der Waals surface area contributed by atoms with E-state index in [1.165, 1.54) is 25.7 Å². The molecule has 0 aromatic carbocycles. The lowest BCUT2D eigenvalue weighted by molar-refractivity contribution is -0.132. The lowest BCUT2D eigenvalue weighted by Gasteiger charge is -2.57. The molecule has 22 heavy (non-hydrogen) atoms. The van der Waals surface area contributed by atoms with Gasteiger partial charge in [0, 0.05) is 18.9 Å². The lowest BCUT2D eigenvalue weighted by atomic mass is 9.48. The quantitative estimate of drug-likeness (QED) is 0.665. The Bertz CT molecular complexity index is 522. The zero-order valence-corrected chi connectivity index (χ0v) is 14.4. The Kier molecular flexibility index (Phi) is 3.35. The molecule has 0 radical (unpaired) electrons. The molecule has 4 aliphatic carbocycles. The van der Waals surface area contributed by atoms with Crippen LogP contribution >= 0.6 is 0 Å².